The largest absolute Gasteiger partial charge is 0.339 e. The molecule has 0 N–H and O–H groups in total. The fourth-order valence-electron chi connectivity index (χ4n) is 1.70. The topological polar surface area (TPSA) is 56.0 Å². The first kappa shape index (κ1) is 15.6. The highest BCUT2D eigenvalue weighted by Crippen LogP contribution is 2.22. The summed E-state index contributed by atoms with van der Waals surface area (Å²) in [6, 6.07) is 4.46. The van der Waals surface area contributed by atoms with Crippen LogP contribution >= 0.6 is 11.6 Å². The van der Waals surface area contributed by atoms with Crippen molar-refractivity contribution >= 4 is 17.4 Å². The van der Waals surface area contributed by atoms with Crippen molar-refractivity contribution in [1.29, 1.82) is 0 Å². The Bertz CT molecular complexity index is 642. The van der Waals surface area contributed by atoms with Crippen molar-refractivity contribution in [1.82, 2.24) is 10.1 Å². The van der Waals surface area contributed by atoms with E-state index in [0.29, 0.717) is 16.4 Å². The van der Waals surface area contributed by atoms with Gasteiger partial charge in [0.15, 0.2) is 5.82 Å². The fraction of sp³-hybridized carbons (Fsp3) is 0.400. The van der Waals surface area contributed by atoms with E-state index in [1.165, 1.54) is 12.1 Å². The molecule has 0 saturated heterocycles. The number of nitrogens with zero attached hydrogens (tertiary/aromatic N) is 2. The molecule has 0 amide bonds. The van der Waals surface area contributed by atoms with Crippen LogP contribution in [0.25, 0.3) is 0 Å². The summed E-state index contributed by atoms with van der Waals surface area (Å²) < 4.78 is 18.7. The number of halogens is 2. The van der Waals surface area contributed by atoms with Crippen LogP contribution in [0.4, 0.5) is 4.39 Å². The molecule has 1 heterocycles. The number of hydrogen-bond acceptors (Lipinski definition) is 4. The summed E-state index contributed by atoms with van der Waals surface area (Å²) in [5, 5.41) is 4.08. The second kappa shape index (κ2) is 5.93. The molecule has 2 rings (SSSR count). The molecule has 6 heteroatoms. The number of ketones is 1. The van der Waals surface area contributed by atoms with Crippen LogP contribution in [0.3, 0.4) is 0 Å². The minimum Gasteiger partial charge on any atom is -0.339 e. The summed E-state index contributed by atoms with van der Waals surface area (Å²) in [5.41, 5.74) is -0.155. The number of carbonyl (C=O) groups excluding carboxylic acids is 1. The lowest BCUT2D eigenvalue weighted by Crippen LogP contribution is -2.22. The van der Waals surface area contributed by atoms with Crippen LogP contribution in [0.15, 0.2) is 22.7 Å². The summed E-state index contributed by atoms with van der Waals surface area (Å²) in [4.78, 5) is 16.0. The van der Waals surface area contributed by atoms with Gasteiger partial charge in [-0.3, -0.25) is 4.79 Å². The maximum absolute atomic E-state index is 13.7. The minimum absolute atomic E-state index is 0.00150. The van der Waals surface area contributed by atoms with E-state index in [9.17, 15) is 9.18 Å². The number of carbonyl (C=O) groups is 1. The molecular formula is C15H16ClFN2O2. The molecule has 0 aliphatic carbocycles. The SMILES string of the molecule is CC(C)(C)C(=O)Cc1nc(Cc2c(F)cccc2Cl)no1. The van der Waals surface area contributed by atoms with Crippen molar-refractivity contribution in [2.75, 3.05) is 0 Å². The Kier molecular flexibility index (Phi) is 4.42. The highest BCUT2D eigenvalue weighted by atomic mass is 35.5. The first-order chi connectivity index (χ1) is 9.77. The highest BCUT2D eigenvalue weighted by molar-refractivity contribution is 6.31. The van der Waals surface area contributed by atoms with E-state index in [-0.39, 0.29) is 24.5 Å². The molecule has 0 unspecified atom stereocenters. The van der Waals surface area contributed by atoms with Crippen LogP contribution in [0.2, 0.25) is 5.02 Å². The predicted octanol–water partition coefficient (Wildman–Crippen LogP) is 3.61. The van der Waals surface area contributed by atoms with Crippen molar-refractivity contribution < 1.29 is 13.7 Å². The lowest BCUT2D eigenvalue weighted by Gasteiger charge is -2.14. The lowest BCUT2D eigenvalue weighted by atomic mass is 9.89. The van der Waals surface area contributed by atoms with Gasteiger partial charge in [0.05, 0.1) is 6.42 Å². The average molecular weight is 311 g/mol. The second-order valence-electron chi connectivity index (χ2n) is 5.83. The molecule has 1 aromatic heterocycles. The molecule has 112 valence electrons. The van der Waals surface area contributed by atoms with Crippen LogP contribution < -0.4 is 0 Å². The summed E-state index contributed by atoms with van der Waals surface area (Å²) in [7, 11) is 0. The number of hydrogen-bond donors (Lipinski definition) is 0. The Balaban J connectivity index is 2.12. The van der Waals surface area contributed by atoms with E-state index in [1.807, 2.05) is 20.8 Å². The Morgan fingerprint density at radius 2 is 2.10 bits per heavy atom. The van der Waals surface area contributed by atoms with E-state index in [4.69, 9.17) is 16.1 Å². The highest BCUT2D eigenvalue weighted by Gasteiger charge is 2.24. The van der Waals surface area contributed by atoms with Gasteiger partial charge in [0.1, 0.15) is 11.6 Å². The molecule has 2 aromatic rings. The van der Waals surface area contributed by atoms with E-state index in [1.54, 1.807) is 6.07 Å². The van der Waals surface area contributed by atoms with Gasteiger partial charge in [-0.2, -0.15) is 4.98 Å². The van der Waals surface area contributed by atoms with Gasteiger partial charge >= 0.3 is 0 Å². The average Bonchev–Trinajstić information content (AvgIpc) is 2.80. The zero-order valence-corrected chi connectivity index (χ0v) is 12.9. The zero-order chi connectivity index (χ0) is 15.6. The van der Waals surface area contributed by atoms with Crippen LogP contribution in [0, 0.1) is 11.2 Å². The van der Waals surface area contributed by atoms with Gasteiger partial charge in [-0.1, -0.05) is 43.6 Å². The monoisotopic (exact) mass is 310 g/mol. The quantitative estimate of drug-likeness (QED) is 0.865. The van der Waals surface area contributed by atoms with E-state index in [0.717, 1.165) is 0 Å². The minimum atomic E-state index is -0.469. The van der Waals surface area contributed by atoms with Crippen molar-refractivity contribution in [3.8, 4) is 0 Å². The van der Waals surface area contributed by atoms with Crippen LogP contribution in [-0.2, 0) is 17.6 Å². The number of aromatic nitrogens is 2. The van der Waals surface area contributed by atoms with Crippen molar-refractivity contribution in [3.05, 3.63) is 46.3 Å². The van der Waals surface area contributed by atoms with Gasteiger partial charge in [0.25, 0.3) is 0 Å². The Hall–Kier alpha value is -1.75. The third-order valence-electron chi connectivity index (χ3n) is 3.06. The first-order valence-electron chi connectivity index (χ1n) is 6.55. The summed E-state index contributed by atoms with van der Waals surface area (Å²) in [5.74, 6) is 0.123. The summed E-state index contributed by atoms with van der Waals surface area (Å²) >= 11 is 5.95. The molecule has 0 atom stereocenters. The predicted molar refractivity (Wildman–Crippen MR) is 76.7 cm³/mol. The maximum Gasteiger partial charge on any atom is 0.234 e. The van der Waals surface area contributed by atoms with Crippen molar-refractivity contribution in [2.45, 2.75) is 33.6 Å². The molecule has 1 aromatic carbocycles. The third kappa shape index (κ3) is 3.88. The Morgan fingerprint density at radius 3 is 2.71 bits per heavy atom. The van der Waals surface area contributed by atoms with Gasteiger partial charge in [0.2, 0.25) is 5.89 Å². The van der Waals surface area contributed by atoms with Gasteiger partial charge in [0, 0.05) is 22.4 Å². The van der Waals surface area contributed by atoms with Gasteiger partial charge < -0.3 is 4.52 Å². The van der Waals surface area contributed by atoms with Gasteiger partial charge in [-0.25, -0.2) is 4.39 Å². The van der Waals surface area contributed by atoms with Crippen molar-refractivity contribution in [3.63, 3.8) is 0 Å². The Morgan fingerprint density at radius 1 is 1.38 bits per heavy atom. The van der Waals surface area contributed by atoms with Gasteiger partial charge in [-0.15, -0.1) is 0 Å². The number of benzene rings is 1. The molecule has 0 fully saturated rings. The smallest absolute Gasteiger partial charge is 0.234 e. The molecule has 0 spiro atoms. The fourth-order valence-corrected chi connectivity index (χ4v) is 1.93. The molecule has 0 aliphatic rings. The van der Waals surface area contributed by atoms with E-state index in [2.05, 4.69) is 10.1 Å². The summed E-state index contributed by atoms with van der Waals surface area (Å²) in [6.45, 7) is 5.48. The molecule has 0 saturated carbocycles. The Labute approximate surface area is 127 Å². The molecular weight excluding hydrogens is 295 g/mol. The number of Topliss-reactive ketones (excluding diaryl/α,β-unsaturated/α-hetero) is 1. The van der Waals surface area contributed by atoms with Gasteiger partial charge in [-0.05, 0) is 12.1 Å². The normalized spacial score (nSPS) is 11.7. The molecule has 0 bridgehead atoms. The first-order valence-corrected chi connectivity index (χ1v) is 6.93. The van der Waals surface area contributed by atoms with Crippen LogP contribution in [0.1, 0.15) is 38.0 Å². The molecule has 21 heavy (non-hydrogen) atoms. The molecule has 4 nitrogen and oxygen atoms in total. The van der Waals surface area contributed by atoms with Crippen LogP contribution in [0.5, 0.6) is 0 Å². The van der Waals surface area contributed by atoms with E-state index >= 15 is 0 Å². The maximum atomic E-state index is 13.7. The van der Waals surface area contributed by atoms with Crippen molar-refractivity contribution in [2.24, 2.45) is 5.41 Å². The molecule has 0 aliphatic heterocycles. The number of rotatable bonds is 4. The second-order valence-corrected chi connectivity index (χ2v) is 6.24. The third-order valence-corrected chi connectivity index (χ3v) is 3.41. The standard InChI is InChI=1S/C15H16ClFN2O2/c1-15(2,3)12(20)8-14-18-13(19-21-14)7-9-10(16)5-4-6-11(9)17/h4-6H,7-8H2,1-3H3. The van der Waals surface area contributed by atoms with Crippen LogP contribution in [-0.4, -0.2) is 15.9 Å². The summed E-state index contributed by atoms with van der Waals surface area (Å²) in [6.07, 6.45) is 0.195. The zero-order valence-electron chi connectivity index (χ0n) is 12.1. The lowest BCUT2D eigenvalue weighted by molar-refractivity contribution is -0.125. The van der Waals surface area contributed by atoms with E-state index < -0.39 is 11.2 Å². The molecule has 0 radical (unpaired) electrons.